The molecule has 3 nitrogen and oxygen atoms in total. The molecule has 1 aliphatic heterocycles. The molecule has 74 valence electrons. The van der Waals surface area contributed by atoms with Crippen molar-refractivity contribution in [3.8, 4) is 0 Å². The van der Waals surface area contributed by atoms with Crippen LogP contribution in [0, 0.1) is 0 Å². The summed E-state index contributed by atoms with van der Waals surface area (Å²) in [6.45, 7) is 3.51. The SMILES string of the molecule is CSC1(CN2C(=O)CNC2C)CC1. The van der Waals surface area contributed by atoms with Gasteiger partial charge >= 0.3 is 0 Å². The van der Waals surface area contributed by atoms with Gasteiger partial charge in [-0.15, -0.1) is 0 Å². The Morgan fingerprint density at radius 1 is 1.69 bits per heavy atom. The number of carbonyl (C=O) groups is 1. The van der Waals surface area contributed by atoms with E-state index in [0.29, 0.717) is 11.3 Å². The number of carbonyl (C=O) groups excluding carboxylic acids is 1. The summed E-state index contributed by atoms with van der Waals surface area (Å²) in [5.41, 5.74) is 0. The highest BCUT2D eigenvalue weighted by molar-refractivity contribution is 8.00. The summed E-state index contributed by atoms with van der Waals surface area (Å²) in [4.78, 5) is 13.4. The van der Waals surface area contributed by atoms with Crippen LogP contribution < -0.4 is 5.32 Å². The van der Waals surface area contributed by atoms with Crippen molar-refractivity contribution in [3.05, 3.63) is 0 Å². The lowest BCUT2D eigenvalue weighted by molar-refractivity contribution is -0.127. The third-order valence-corrected chi connectivity index (χ3v) is 4.44. The number of hydrogen-bond acceptors (Lipinski definition) is 3. The van der Waals surface area contributed by atoms with E-state index in [0.717, 1.165) is 6.54 Å². The normalized spacial score (nSPS) is 31.1. The van der Waals surface area contributed by atoms with E-state index < -0.39 is 0 Å². The van der Waals surface area contributed by atoms with Crippen LogP contribution in [-0.2, 0) is 4.79 Å². The monoisotopic (exact) mass is 200 g/mol. The van der Waals surface area contributed by atoms with Crippen molar-refractivity contribution >= 4 is 17.7 Å². The molecule has 1 atom stereocenters. The molecule has 1 N–H and O–H groups in total. The number of amides is 1. The molecular weight excluding hydrogens is 184 g/mol. The molecule has 1 amide bonds. The largest absolute Gasteiger partial charge is 0.325 e. The molecule has 0 spiro atoms. The molecule has 0 aromatic rings. The van der Waals surface area contributed by atoms with Crippen LogP contribution in [0.5, 0.6) is 0 Å². The predicted octanol–water partition coefficient (Wildman–Crippen LogP) is 0.660. The number of nitrogens with one attached hydrogen (secondary N) is 1. The van der Waals surface area contributed by atoms with Gasteiger partial charge in [0.25, 0.3) is 0 Å². The Kier molecular flexibility index (Phi) is 2.28. The summed E-state index contributed by atoms with van der Waals surface area (Å²) in [6, 6.07) is 0. The van der Waals surface area contributed by atoms with E-state index >= 15 is 0 Å². The summed E-state index contributed by atoms with van der Waals surface area (Å²) in [6.07, 6.45) is 4.91. The van der Waals surface area contributed by atoms with Gasteiger partial charge in [0.15, 0.2) is 0 Å². The second-order valence-electron chi connectivity index (χ2n) is 3.97. The van der Waals surface area contributed by atoms with Crippen molar-refractivity contribution < 1.29 is 4.79 Å². The first-order chi connectivity index (χ1) is 6.17. The molecule has 0 aromatic carbocycles. The van der Waals surface area contributed by atoms with Gasteiger partial charge in [-0.1, -0.05) is 0 Å². The van der Waals surface area contributed by atoms with Gasteiger partial charge in [0, 0.05) is 11.3 Å². The van der Waals surface area contributed by atoms with Gasteiger partial charge in [-0.25, -0.2) is 0 Å². The van der Waals surface area contributed by atoms with Gasteiger partial charge in [0.2, 0.25) is 5.91 Å². The molecule has 1 aliphatic carbocycles. The lowest BCUT2D eigenvalue weighted by Crippen LogP contribution is -2.40. The highest BCUT2D eigenvalue weighted by atomic mass is 32.2. The quantitative estimate of drug-likeness (QED) is 0.726. The maximum Gasteiger partial charge on any atom is 0.237 e. The van der Waals surface area contributed by atoms with Gasteiger partial charge in [-0.2, -0.15) is 11.8 Å². The van der Waals surface area contributed by atoms with Gasteiger partial charge in [0.1, 0.15) is 0 Å². The lowest BCUT2D eigenvalue weighted by atomic mass is 10.3. The third-order valence-electron chi connectivity index (χ3n) is 3.04. The average molecular weight is 200 g/mol. The third kappa shape index (κ3) is 1.70. The van der Waals surface area contributed by atoms with E-state index in [-0.39, 0.29) is 12.1 Å². The van der Waals surface area contributed by atoms with Crippen LogP contribution >= 0.6 is 11.8 Å². The molecule has 2 fully saturated rings. The van der Waals surface area contributed by atoms with Gasteiger partial charge < -0.3 is 4.90 Å². The summed E-state index contributed by atoms with van der Waals surface area (Å²) in [7, 11) is 0. The van der Waals surface area contributed by atoms with Crippen molar-refractivity contribution in [2.24, 2.45) is 0 Å². The van der Waals surface area contributed by atoms with Crippen LogP contribution in [0.2, 0.25) is 0 Å². The second kappa shape index (κ2) is 3.17. The minimum Gasteiger partial charge on any atom is -0.325 e. The predicted molar refractivity (Wildman–Crippen MR) is 54.7 cm³/mol. The molecule has 13 heavy (non-hydrogen) atoms. The van der Waals surface area contributed by atoms with Gasteiger partial charge in [-0.05, 0) is 26.0 Å². The van der Waals surface area contributed by atoms with E-state index in [1.165, 1.54) is 12.8 Å². The van der Waals surface area contributed by atoms with E-state index in [4.69, 9.17) is 0 Å². The minimum absolute atomic E-state index is 0.233. The molecule has 1 saturated carbocycles. The fraction of sp³-hybridized carbons (Fsp3) is 0.889. The summed E-state index contributed by atoms with van der Waals surface area (Å²) >= 11 is 1.91. The van der Waals surface area contributed by atoms with E-state index in [1.54, 1.807) is 0 Å². The Balaban J connectivity index is 1.97. The van der Waals surface area contributed by atoms with Crippen LogP contribution in [0.15, 0.2) is 0 Å². The topological polar surface area (TPSA) is 32.3 Å². The first-order valence-corrected chi connectivity index (χ1v) is 5.97. The molecular formula is C9H16N2OS. The zero-order chi connectivity index (χ0) is 9.47. The van der Waals surface area contributed by atoms with E-state index in [2.05, 4.69) is 18.5 Å². The maximum absolute atomic E-state index is 11.5. The second-order valence-corrected chi connectivity index (χ2v) is 5.24. The summed E-state index contributed by atoms with van der Waals surface area (Å²) in [5, 5.41) is 3.16. The number of nitrogens with zero attached hydrogens (tertiary/aromatic N) is 1. The van der Waals surface area contributed by atoms with Crippen molar-refractivity contribution in [2.75, 3.05) is 19.3 Å². The van der Waals surface area contributed by atoms with Crippen LogP contribution in [0.25, 0.3) is 0 Å². The molecule has 0 bridgehead atoms. The number of thioether (sulfide) groups is 1. The van der Waals surface area contributed by atoms with Crippen molar-refractivity contribution in [1.82, 2.24) is 10.2 Å². The standard InChI is InChI=1S/C9H16N2OS/c1-7-10-5-8(12)11(7)6-9(13-2)3-4-9/h7,10H,3-6H2,1-2H3. The van der Waals surface area contributed by atoms with Crippen LogP contribution in [0.4, 0.5) is 0 Å². The smallest absolute Gasteiger partial charge is 0.237 e. The van der Waals surface area contributed by atoms with E-state index in [9.17, 15) is 4.79 Å². The maximum atomic E-state index is 11.5. The molecule has 0 aromatic heterocycles. The molecule has 0 radical (unpaired) electrons. The zero-order valence-corrected chi connectivity index (χ0v) is 8.99. The lowest BCUT2D eigenvalue weighted by Gasteiger charge is -2.25. The molecule has 2 rings (SSSR count). The first kappa shape index (κ1) is 9.34. The average Bonchev–Trinajstić information content (AvgIpc) is 2.84. The van der Waals surface area contributed by atoms with E-state index in [1.807, 2.05) is 16.7 Å². The highest BCUT2D eigenvalue weighted by Crippen LogP contribution is 2.47. The van der Waals surface area contributed by atoms with Gasteiger partial charge in [0.05, 0.1) is 12.7 Å². The first-order valence-electron chi connectivity index (χ1n) is 4.75. The fourth-order valence-electron chi connectivity index (χ4n) is 1.76. The minimum atomic E-state index is 0.233. The van der Waals surface area contributed by atoms with Crippen molar-refractivity contribution in [1.29, 1.82) is 0 Å². The zero-order valence-electron chi connectivity index (χ0n) is 8.17. The molecule has 2 aliphatic rings. The summed E-state index contributed by atoms with van der Waals surface area (Å²) < 4.78 is 0.399. The van der Waals surface area contributed by atoms with Crippen LogP contribution in [0.1, 0.15) is 19.8 Å². The molecule has 1 unspecified atom stereocenters. The van der Waals surface area contributed by atoms with Crippen LogP contribution in [0.3, 0.4) is 0 Å². The van der Waals surface area contributed by atoms with Gasteiger partial charge in [-0.3, -0.25) is 10.1 Å². The Hall–Kier alpha value is -0.220. The highest BCUT2D eigenvalue weighted by Gasteiger charge is 2.45. The Morgan fingerprint density at radius 2 is 2.38 bits per heavy atom. The van der Waals surface area contributed by atoms with Crippen molar-refractivity contribution in [2.45, 2.75) is 30.7 Å². The number of rotatable bonds is 3. The summed E-state index contributed by atoms with van der Waals surface area (Å²) in [5.74, 6) is 0.257. The Morgan fingerprint density at radius 3 is 2.77 bits per heavy atom. The Labute approximate surface area is 83.2 Å². The molecule has 1 saturated heterocycles. The number of hydrogen-bond donors (Lipinski definition) is 1. The molecule has 4 heteroatoms. The van der Waals surface area contributed by atoms with Crippen molar-refractivity contribution in [3.63, 3.8) is 0 Å². The van der Waals surface area contributed by atoms with Crippen LogP contribution in [-0.4, -0.2) is 41.1 Å². The fourth-order valence-corrected chi connectivity index (χ4v) is 2.54. The Bertz CT molecular complexity index is 228. The molecule has 1 heterocycles.